The van der Waals surface area contributed by atoms with E-state index in [2.05, 4.69) is 4.98 Å². The highest BCUT2D eigenvalue weighted by molar-refractivity contribution is 5.85. The SMILES string of the molecule is COc1c(C)cnc(CN)c1C.Cl. The minimum absolute atomic E-state index is 0. The normalized spacial score (nSPS) is 9.23. The Morgan fingerprint density at radius 3 is 2.54 bits per heavy atom. The van der Waals surface area contributed by atoms with Crippen LogP contribution in [0.15, 0.2) is 6.20 Å². The highest BCUT2D eigenvalue weighted by atomic mass is 35.5. The summed E-state index contributed by atoms with van der Waals surface area (Å²) in [4.78, 5) is 4.20. The third kappa shape index (κ3) is 2.32. The molecule has 0 unspecified atom stereocenters. The summed E-state index contributed by atoms with van der Waals surface area (Å²) in [7, 11) is 1.66. The molecule has 0 aliphatic rings. The minimum atomic E-state index is 0. The lowest BCUT2D eigenvalue weighted by Crippen LogP contribution is -2.04. The number of methoxy groups -OCH3 is 1. The lowest BCUT2D eigenvalue weighted by Gasteiger charge is -2.10. The van der Waals surface area contributed by atoms with Gasteiger partial charge in [0.2, 0.25) is 0 Å². The average molecular weight is 203 g/mol. The number of rotatable bonds is 2. The molecule has 1 rings (SSSR count). The number of halogens is 1. The number of ether oxygens (including phenoxy) is 1. The Morgan fingerprint density at radius 2 is 2.08 bits per heavy atom. The maximum Gasteiger partial charge on any atom is 0.128 e. The van der Waals surface area contributed by atoms with Gasteiger partial charge >= 0.3 is 0 Å². The molecule has 0 aliphatic carbocycles. The standard InChI is InChI=1S/C9H14N2O.ClH/c1-6-5-11-8(4-10)7(2)9(6)12-3;/h5H,4,10H2,1-3H3;1H. The first-order chi connectivity index (χ1) is 5.70. The monoisotopic (exact) mass is 202 g/mol. The molecule has 0 aliphatic heterocycles. The number of aromatic nitrogens is 1. The molecule has 0 radical (unpaired) electrons. The van der Waals surface area contributed by atoms with Crippen molar-refractivity contribution < 1.29 is 4.74 Å². The van der Waals surface area contributed by atoms with Crippen molar-refractivity contribution in [1.82, 2.24) is 4.98 Å². The number of pyridine rings is 1. The van der Waals surface area contributed by atoms with E-state index in [4.69, 9.17) is 10.5 Å². The second kappa shape index (κ2) is 5.04. The second-order valence-corrected chi connectivity index (χ2v) is 2.75. The Hall–Kier alpha value is -0.800. The summed E-state index contributed by atoms with van der Waals surface area (Å²) in [6, 6.07) is 0. The molecule has 0 aromatic carbocycles. The fraction of sp³-hybridized carbons (Fsp3) is 0.444. The molecule has 1 aromatic rings. The smallest absolute Gasteiger partial charge is 0.128 e. The molecule has 0 spiro atoms. The molecule has 1 aromatic heterocycles. The highest BCUT2D eigenvalue weighted by Crippen LogP contribution is 2.23. The molecule has 0 atom stereocenters. The van der Waals surface area contributed by atoms with E-state index in [1.807, 2.05) is 13.8 Å². The number of hydrogen-bond donors (Lipinski definition) is 1. The maximum atomic E-state index is 5.51. The van der Waals surface area contributed by atoms with E-state index in [0.29, 0.717) is 6.54 Å². The topological polar surface area (TPSA) is 48.1 Å². The zero-order valence-electron chi connectivity index (χ0n) is 8.13. The van der Waals surface area contributed by atoms with E-state index in [9.17, 15) is 0 Å². The van der Waals surface area contributed by atoms with Crippen molar-refractivity contribution in [2.75, 3.05) is 7.11 Å². The van der Waals surface area contributed by atoms with E-state index in [-0.39, 0.29) is 12.4 Å². The van der Waals surface area contributed by atoms with Crippen LogP contribution < -0.4 is 10.5 Å². The van der Waals surface area contributed by atoms with Gasteiger partial charge in [-0.05, 0) is 13.8 Å². The number of hydrogen-bond acceptors (Lipinski definition) is 3. The molecule has 1 heterocycles. The third-order valence-corrected chi connectivity index (χ3v) is 1.94. The van der Waals surface area contributed by atoms with Gasteiger partial charge in [-0.1, -0.05) is 0 Å². The molecule has 0 bridgehead atoms. The van der Waals surface area contributed by atoms with Gasteiger partial charge in [-0.2, -0.15) is 0 Å². The first-order valence-corrected chi connectivity index (χ1v) is 3.89. The summed E-state index contributed by atoms with van der Waals surface area (Å²) in [5, 5.41) is 0. The average Bonchev–Trinajstić information content (AvgIpc) is 2.06. The van der Waals surface area contributed by atoms with Crippen LogP contribution >= 0.6 is 12.4 Å². The summed E-state index contributed by atoms with van der Waals surface area (Å²) < 4.78 is 5.22. The Balaban J connectivity index is 0.00000144. The van der Waals surface area contributed by atoms with Crippen molar-refractivity contribution in [3.8, 4) is 5.75 Å². The number of nitrogens with zero attached hydrogens (tertiary/aromatic N) is 1. The predicted octanol–water partition coefficient (Wildman–Crippen LogP) is 1.59. The number of nitrogens with two attached hydrogens (primary N) is 1. The molecular weight excluding hydrogens is 188 g/mol. The van der Waals surface area contributed by atoms with Crippen molar-refractivity contribution in [3.05, 3.63) is 23.0 Å². The van der Waals surface area contributed by atoms with Crippen LogP contribution in [-0.2, 0) is 6.54 Å². The molecule has 0 saturated carbocycles. The molecule has 2 N–H and O–H groups in total. The van der Waals surface area contributed by atoms with E-state index >= 15 is 0 Å². The van der Waals surface area contributed by atoms with Crippen LogP contribution in [-0.4, -0.2) is 12.1 Å². The molecule has 0 amide bonds. The van der Waals surface area contributed by atoms with Crippen molar-refractivity contribution in [2.45, 2.75) is 20.4 Å². The van der Waals surface area contributed by atoms with Crippen LogP contribution in [0.3, 0.4) is 0 Å². The van der Waals surface area contributed by atoms with E-state index in [1.54, 1.807) is 13.3 Å². The van der Waals surface area contributed by atoms with Gasteiger partial charge in [-0.3, -0.25) is 4.98 Å². The van der Waals surface area contributed by atoms with Crippen LogP contribution in [0.4, 0.5) is 0 Å². The quantitative estimate of drug-likeness (QED) is 0.793. The lowest BCUT2D eigenvalue weighted by molar-refractivity contribution is 0.407. The van der Waals surface area contributed by atoms with Crippen LogP contribution in [0, 0.1) is 13.8 Å². The lowest BCUT2D eigenvalue weighted by atomic mass is 10.1. The van der Waals surface area contributed by atoms with Gasteiger partial charge in [0.25, 0.3) is 0 Å². The Labute approximate surface area is 84.7 Å². The van der Waals surface area contributed by atoms with E-state index in [0.717, 1.165) is 22.6 Å². The molecule has 74 valence electrons. The Morgan fingerprint density at radius 1 is 1.46 bits per heavy atom. The zero-order chi connectivity index (χ0) is 9.14. The van der Waals surface area contributed by atoms with Crippen molar-refractivity contribution >= 4 is 12.4 Å². The Kier molecular flexibility index (Phi) is 4.73. The largest absolute Gasteiger partial charge is 0.496 e. The van der Waals surface area contributed by atoms with E-state index < -0.39 is 0 Å². The summed E-state index contributed by atoms with van der Waals surface area (Å²) in [5.74, 6) is 0.894. The van der Waals surface area contributed by atoms with Gasteiger partial charge in [0.15, 0.2) is 0 Å². The fourth-order valence-electron chi connectivity index (χ4n) is 1.28. The van der Waals surface area contributed by atoms with Crippen molar-refractivity contribution in [3.63, 3.8) is 0 Å². The summed E-state index contributed by atoms with van der Waals surface area (Å²) in [5.41, 5.74) is 8.50. The van der Waals surface area contributed by atoms with Crippen LogP contribution in [0.2, 0.25) is 0 Å². The summed E-state index contributed by atoms with van der Waals surface area (Å²) in [6.07, 6.45) is 1.79. The predicted molar refractivity (Wildman–Crippen MR) is 55.4 cm³/mol. The zero-order valence-corrected chi connectivity index (χ0v) is 8.94. The first-order valence-electron chi connectivity index (χ1n) is 3.89. The fourth-order valence-corrected chi connectivity index (χ4v) is 1.28. The van der Waals surface area contributed by atoms with Crippen LogP contribution in [0.25, 0.3) is 0 Å². The van der Waals surface area contributed by atoms with Crippen molar-refractivity contribution in [1.29, 1.82) is 0 Å². The van der Waals surface area contributed by atoms with Gasteiger partial charge in [-0.25, -0.2) is 0 Å². The molecule has 3 nitrogen and oxygen atoms in total. The molecule has 0 saturated heterocycles. The van der Waals surface area contributed by atoms with Gasteiger partial charge in [0.05, 0.1) is 12.8 Å². The summed E-state index contributed by atoms with van der Waals surface area (Å²) in [6.45, 7) is 4.41. The molecular formula is C9H15ClN2O. The molecule has 0 fully saturated rings. The van der Waals surface area contributed by atoms with Gasteiger partial charge in [-0.15, -0.1) is 12.4 Å². The van der Waals surface area contributed by atoms with Crippen LogP contribution in [0.1, 0.15) is 16.8 Å². The minimum Gasteiger partial charge on any atom is -0.496 e. The summed E-state index contributed by atoms with van der Waals surface area (Å²) >= 11 is 0. The van der Waals surface area contributed by atoms with Gasteiger partial charge < -0.3 is 10.5 Å². The maximum absolute atomic E-state index is 5.51. The van der Waals surface area contributed by atoms with Crippen LogP contribution in [0.5, 0.6) is 5.75 Å². The molecule has 4 heteroatoms. The second-order valence-electron chi connectivity index (χ2n) is 2.75. The first kappa shape index (κ1) is 12.2. The highest BCUT2D eigenvalue weighted by Gasteiger charge is 2.06. The van der Waals surface area contributed by atoms with Crippen molar-refractivity contribution in [2.24, 2.45) is 5.73 Å². The van der Waals surface area contributed by atoms with Gasteiger partial charge in [0.1, 0.15) is 5.75 Å². The number of aryl methyl sites for hydroxylation is 1. The molecule has 13 heavy (non-hydrogen) atoms. The van der Waals surface area contributed by atoms with E-state index in [1.165, 1.54) is 0 Å². The van der Waals surface area contributed by atoms with Gasteiger partial charge in [0, 0.05) is 23.9 Å². The Bertz CT molecular complexity index is 289. The third-order valence-electron chi connectivity index (χ3n) is 1.94.